The Hall–Kier alpha value is -1.88. The standard InChI is InChI=1S/C23H33BClN3O6/c1-21(2,3)32-20(30)27-10-15-12-31-13-19(29)28(15)16(11-27)14-8-17(26-18(25)9-14)24-33-22(4,5)23(6,7)34-24/h8-9,15-16H,10-13H2,1-7H3. The van der Waals surface area contributed by atoms with Crippen molar-refractivity contribution in [2.45, 2.75) is 77.4 Å². The second-order valence-electron chi connectivity index (χ2n) is 11.1. The lowest BCUT2D eigenvalue weighted by Gasteiger charge is -2.48. The van der Waals surface area contributed by atoms with E-state index in [1.54, 1.807) is 15.9 Å². The summed E-state index contributed by atoms with van der Waals surface area (Å²) in [5.74, 6) is -0.129. The molecule has 2 unspecified atom stereocenters. The van der Waals surface area contributed by atoms with Crippen molar-refractivity contribution in [2.24, 2.45) is 0 Å². The van der Waals surface area contributed by atoms with Crippen LogP contribution in [0, 0.1) is 0 Å². The maximum absolute atomic E-state index is 12.9. The Bertz CT molecular complexity index is 966. The van der Waals surface area contributed by atoms with Gasteiger partial charge in [-0.05, 0) is 66.2 Å². The molecule has 2 atom stereocenters. The van der Waals surface area contributed by atoms with Gasteiger partial charge in [0.15, 0.2) is 0 Å². The summed E-state index contributed by atoms with van der Waals surface area (Å²) >= 11 is 6.43. The van der Waals surface area contributed by atoms with E-state index in [1.807, 2.05) is 54.5 Å². The first kappa shape index (κ1) is 25.2. The van der Waals surface area contributed by atoms with E-state index in [4.69, 9.17) is 30.4 Å². The number of hydrogen-bond acceptors (Lipinski definition) is 7. The first-order valence-electron chi connectivity index (χ1n) is 11.6. The molecule has 0 saturated carbocycles. The van der Waals surface area contributed by atoms with Gasteiger partial charge in [0.05, 0.1) is 35.5 Å². The quantitative estimate of drug-likeness (QED) is 0.462. The summed E-state index contributed by atoms with van der Waals surface area (Å²) in [6, 6.07) is 2.83. The number of carbonyl (C=O) groups is 2. The van der Waals surface area contributed by atoms with Gasteiger partial charge in [0.2, 0.25) is 5.91 Å². The Morgan fingerprint density at radius 2 is 1.82 bits per heavy atom. The van der Waals surface area contributed by atoms with Crippen LogP contribution in [-0.4, -0.2) is 83.1 Å². The number of aromatic nitrogens is 1. The van der Waals surface area contributed by atoms with E-state index in [9.17, 15) is 9.59 Å². The van der Waals surface area contributed by atoms with Crippen LogP contribution < -0.4 is 5.59 Å². The number of rotatable bonds is 2. The molecule has 3 fully saturated rings. The lowest BCUT2D eigenvalue weighted by atomic mass is 9.82. The fourth-order valence-electron chi connectivity index (χ4n) is 4.39. The number of halogens is 1. The molecule has 4 rings (SSSR count). The van der Waals surface area contributed by atoms with Gasteiger partial charge < -0.3 is 28.6 Å². The third-order valence-electron chi connectivity index (χ3n) is 6.74. The van der Waals surface area contributed by atoms with Crippen LogP contribution in [0.1, 0.15) is 60.1 Å². The van der Waals surface area contributed by atoms with Gasteiger partial charge in [-0.15, -0.1) is 0 Å². The summed E-state index contributed by atoms with van der Waals surface area (Å²) in [6.07, 6.45) is -0.429. The zero-order chi connectivity index (χ0) is 25.1. The highest BCUT2D eigenvalue weighted by atomic mass is 35.5. The fraction of sp³-hybridized carbons (Fsp3) is 0.696. The number of morpholine rings is 1. The minimum Gasteiger partial charge on any atom is -0.444 e. The van der Waals surface area contributed by atoms with Crippen LogP contribution in [0.4, 0.5) is 4.79 Å². The molecule has 1 aromatic heterocycles. The monoisotopic (exact) mass is 493 g/mol. The highest BCUT2D eigenvalue weighted by Crippen LogP contribution is 2.37. The zero-order valence-electron chi connectivity index (χ0n) is 20.9. The van der Waals surface area contributed by atoms with E-state index < -0.39 is 36.1 Å². The molecule has 0 N–H and O–H groups in total. The Labute approximate surface area is 206 Å². The van der Waals surface area contributed by atoms with E-state index in [-0.39, 0.29) is 30.3 Å². The Morgan fingerprint density at radius 1 is 1.18 bits per heavy atom. The number of fused-ring (bicyclic) bond motifs is 1. The third kappa shape index (κ3) is 4.91. The summed E-state index contributed by atoms with van der Waals surface area (Å²) in [6.45, 7) is 14.3. The molecule has 0 aliphatic carbocycles. The molecule has 0 bridgehead atoms. The van der Waals surface area contributed by atoms with E-state index in [0.717, 1.165) is 5.56 Å². The lowest BCUT2D eigenvalue weighted by molar-refractivity contribution is -0.158. The molecule has 1 aromatic rings. The SMILES string of the molecule is CC(C)(C)OC(=O)N1CC2COCC(=O)N2C(c2cc(Cl)nc(B3OC(C)(C)C(C)(C)O3)c2)C1. The van der Waals surface area contributed by atoms with Crippen LogP contribution in [0.2, 0.25) is 5.15 Å². The van der Waals surface area contributed by atoms with Gasteiger partial charge in [-0.2, -0.15) is 0 Å². The number of pyridine rings is 1. The fourth-order valence-corrected chi connectivity index (χ4v) is 4.62. The molecule has 3 aliphatic rings. The maximum atomic E-state index is 12.9. The number of carbonyl (C=O) groups excluding carboxylic acids is 2. The average Bonchev–Trinajstić information content (AvgIpc) is 2.93. The number of amides is 2. The summed E-state index contributed by atoms with van der Waals surface area (Å²) in [7, 11) is -0.704. The van der Waals surface area contributed by atoms with Crippen molar-refractivity contribution in [3.05, 3.63) is 22.8 Å². The van der Waals surface area contributed by atoms with Crippen molar-refractivity contribution in [1.82, 2.24) is 14.8 Å². The van der Waals surface area contributed by atoms with E-state index in [2.05, 4.69) is 4.98 Å². The Balaban J connectivity index is 1.68. The number of nitrogens with zero attached hydrogens (tertiary/aromatic N) is 3. The van der Waals surface area contributed by atoms with Gasteiger partial charge in [0.1, 0.15) is 17.4 Å². The summed E-state index contributed by atoms with van der Waals surface area (Å²) in [5.41, 5.74) is -0.435. The van der Waals surface area contributed by atoms with Crippen LogP contribution >= 0.6 is 11.6 Å². The molecular weight excluding hydrogens is 461 g/mol. The topological polar surface area (TPSA) is 90.4 Å². The minimum absolute atomic E-state index is 0.00232. The minimum atomic E-state index is -0.704. The molecule has 186 valence electrons. The van der Waals surface area contributed by atoms with Gasteiger partial charge >= 0.3 is 13.2 Å². The molecular formula is C23H33BClN3O6. The van der Waals surface area contributed by atoms with Crippen molar-refractivity contribution in [1.29, 1.82) is 0 Å². The summed E-state index contributed by atoms with van der Waals surface area (Å²) in [4.78, 5) is 33.7. The average molecular weight is 494 g/mol. The lowest BCUT2D eigenvalue weighted by Crippen LogP contribution is -2.62. The van der Waals surface area contributed by atoms with Gasteiger partial charge in [-0.25, -0.2) is 9.78 Å². The molecule has 34 heavy (non-hydrogen) atoms. The summed E-state index contributed by atoms with van der Waals surface area (Å²) < 4.78 is 23.4. The van der Waals surface area contributed by atoms with Crippen molar-refractivity contribution < 1.29 is 28.4 Å². The molecule has 2 amide bonds. The molecule has 0 aromatic carbocycles. The van der Waals surface area contributed by atoms with Gasteiger partial charge in [-0.3, -0.25) is 4.79 Å². The Morgan fingerprint density at radius 3 is 2.44 bits per heavy atom. The smallest absolute Gasteiger partial charge is 0.444 e. The van der Waals surface area contributed by atoms with Crippen LogP contribution in [0.15, 0.2) is 12.1 Å². The van der Waals surface area contributed by atoms with Crippen molar-refractivity contribution in [2.75, 3.05) is 26.3 Å². The molecule has 3 saturated heterocycles. The number of ether oxygens (including phenoxy) is 2. The maximum Gasteiger partial charge on any atom is 0.514 e. The normalized spacial score (nSPS) is 26.5. The van der Waals surface area contributed by atoms with Gasteiger partial charge in [0, 0.05) is 13.1 Å². The predicted molar refractivity (Wildman–Crippen MR) is 127 cm³/mol. The van der Waals surface area contributed by atoms with E-state index >= 15 is 0 Å². The first-order valence-corrected chi connectivity index (χ1v) is 11.9. The largest absolute Gasteiger partial charge is 0.514 e. The second-order valence-corrected chi connectivity index (χ2v) is 11.5. The highest BCUT2D eigenvalue weighted by Gasteiger charge is 2.53. The Kier molecular flexibility index (Phi) is 6.42. The molecule has 11 heteroatoms. The van der Waals surface area contributed by atoms with E-state index in [1.165, 1.54) is 0 Å². The molecule has 0 spiro atoms. The second kappa shape index (κ2) is 8.66. The van der Waals surface area contributed by atoms with Crippen LogP contribution in [0.5, 0.6) is 0 Å². The highest BCUT2D eigenvalue weighted by molar-refractivity contribution is 6.61. The van der Waals surface area contributed by atoms with Crippen LogP contribution in [0.25, 0.3) is 0 Å². The third-order valence-corrected chi connectivity index (χ3v) is 6.94. The van der Waals surface area contributed by atoms with Crippen molar-refractivity contribution >= 4 is 36.3 Å². The number of hydrogen-bond donors (Lipinski definition) is 0. The number of piperazine rings is 1. The van der Waals surface area contributed by atoms with Crippen LogP contribution in [0.3, 0.4) is 0 Å². The van der Waals surface area contributed by atoms with Crippen LogP contribution in [-0.2, 0) is 23.6 Å². The molecule has 3 aliphatic heterocycles. The predicted octanol–water partition coefficient (Wildman–Crippen LogP) is 2.55. The van der Waals surface area contributed by atoms with Gasteiger partial charge in [0.25, 0.3) is 0 Å². The molecule has 4 heterocycles. The van der Waals surface area contributed by atoms with Gasteiger partial charge in [-0.1, -0.05) is 11.6 Å². The zero-order valence-corrected chi connectivity index (χ0v) is 21.6. The molecule has 9 nitrogen and oxygen atoms in total. The van der Waals surface area contributed by atoms with Crippen molar-refractivity contribution in [3.63, 3.8) is 0 Å². The summed E-state index contributed by atoms with van der Waals surface area (Å²) in [5, 5.41) is 0.258. The molecule has 0 radical (unpaired) electrons. The first-order chi connectivity index (χ1) is 15.7. The van der Waals surface area contributed by atoms with Crippen molar-refractivity contribution in [3.8, 4) is 0 Å². The van der Waals surface area contributed by atoms with E-state index in [0.29, 0.717) is 18.7 Å².